The van der Waals surface area contributed by atoms with Gasteiger partial charge in [0.15, 0.2) is 0 Å². The largest absolute Gasteiger partial charge is 0.493 e. The van der Waals surface area contributed by atoms with Gasteiger partial charge in [-0.15, -0.1) is 0 Å². The predicted molar refractivity (Wildman–Crippen MR) is 81.9 cm³/mol. The Kier molecular flexibility index (Phi) is 4.71. The fourth-order valence-corrected chi connectivity index (χ4v) is 2.14. The second kappa shape index (κ2) is 6.69. The summed E-state index contributed by atoms with van der Waals surface area (Å²) in [4.78, 5) is 10.6. The summed E-state index contributed by atoms with van der Waals surface area (Å²) in [5.74, 6) is 0.815. The monoisotopic (exact) mass is 287 g/mol. The summed E-state index contributed by atoms with van der Waals surface area (Å²) in [5, 5.41) is 19.5. The van der Waals surface area contributed by atoms with E-state index in [1.54, 1.807) is 18.2 Å². The smallest absolute Gasteiger partial charge is 0.277 e. The fraction of sp³-hybridized carbons (Fsp3) is 0.267. The molecule has 0 aliphatic rings. The Labute approximate surface area is 122 Å². The molecule has 0 aliphatic heterocycles. The number of benzene rings is 2. The Balaban J connectivity index is 2.12. The highest BCUT2D eigenvalue weighted by Crippen LogP contribution is 2.32. The van der Waals surface area contributed by atoms with E-state index in [1.165, 1.54) is 6.07 Å². The summed E-state index contributed by atoms with van der Waals surface area (Å²) in [7, 11) is 0. The average Bonchev–Trinajstić information content (AvgIpc) is 2.46. The van der Waals surface area contributed by atoms with Crippen molar-refractivity contribution in [1.29, 1.82) is 5.41 Å². The van der Waals surface area contributed by atoms with E-state index in [1.807, 2.05) is 12.1 Å². The molecule has 0 fully saturated rings. The normalized spacial score (nSPS) is 10.5. The molecule has 0 heterocycles. The van der Waals surface area contributed by atoms with Crippen molar-refractivity contribution in [3.8, 4) is 5.75 Å². The van der Waals surface area contributed by atoms with Crippen molar-refractivity contribution < 1.29 is 9.66 Å². The maximum Gasteiger partial charge on any atom is 0.277 e. The Morgan fingerprint density at radius 3 is 2.57 bits per heavy atom. The average molecular weight is 287 g/mol. The molecule has 2 aromatic carbocycles. The van der Waals surface area contributed by atoms with Crippen molar-refractivity contribution >= 4 is 22.3 Å². The highest BCUT2D eigenvalue weighted by atomic mass is 16.6. The van der Waals surface area contributed by atoms with Crippen molar-refractivity contribution in [1.82, 2.24) is 0 Å². The van der Waals surface area contributed by atoms with Gasteiger partial charge in [0.1, 0.15) is 5.75 Å². The van der Waals surface area contributed by atoms with Crippen molar-refractivity contribution in [3.05, 3.63) is 46.5 Å². The summed E-state index contributed by atoms with van der Waals surface area (Å²) in [5.41, 5.74) is 5.36. The van der Waals surface area contributed by atoms with Crippen molar-refractivity contribution in [2.75, 3.05) is 6.61 Å². The van der Waals surface area contributed by atoms with Crippen LogP contribution in [0.3, 0.4) is 0 Å². The van der Waals surface area contributed by atoms with E-state index >= 15 is 0 Å². The van der Waals surface area contributed by atoms with Crippen LogP contribution in [0.25, 0.3) is 10.8 Å². The van der Waals surface area contributed by atoms with Crippen molar-refractivity contribution in [3.63, 3.8) is 0 Å². The zero-order valence-corrected chi connectivity index (χ0v) is 11.5. The third kappa shape index (κ3) is 3.68. The lowest BCUT2D eigenvalue weighted by atomic mass is 10.1. The molecular weight excluding hydrogens is 270 g/mol. The van der Waals surface area contributed by atoms with Crippen LogP contribution in [0, 0.1) is 15.5 Å². The third-order valence-electron chi connectivity index (χ3n) is 3.16. The minimum Gasteiger partial charge on any atom is -0.493 e. The van der Waals surface area contributed by atoms with E-state index in [9.17, 15) is 10.1 Å². The van der Waals surface area contributed by atoms with Gasteiger partial charge in [0.05, 0.1) is 22.8 Å². The fourth-order valence-electron chi connectivity index (χ4n) is 2.14. The maximum atomic E-state index is 11.0. The molecule has 0 atom stereocenters. The van der Waals surface area contributed by atoms with Gasteiger partial charge in [-0.25, -0.2) is 0 Å². The molecule has 0 aliphatic carbocycles. The van der Waals surface area contributed by atoms with E-state index in [4.69, 9.17) is 15.9 Å². The molecule has 0 spiro atoms. The van der Waals surface area contributed by atoms with E-state index in [2.05, 4.69) is 0 Å². The molecule has 3 N–H and O–H groups in total. The summed E-state index contributed by atoms with van der Waals surface area (Å²) >= 11 is 0. The first-order valence-electron chi connectivity index (χ1n) is 6.71. The molecule has 0 unspecified atom stereocenters. The van der Waals surface area contributed by atoms with Gasteiger partial charge in [-0.2, -0.15) is 0 Å². The number of nitro groups is 1. The zero-order valence-electron chi connectivity index (χ0n) is 11.5. The molecule has 0 saturated heterocycles. The van der Waals surface area contributed by atoms with Gasteiger partial charge in [-0.1, -0.05) is 18.2 Å². The number of hydrogen-bond donors (Lipinski definition) is 2. The molecule has 0 bridgehead atoms. The van der Waals surface area contributed by atoms with E-state index in [0.29, 0.717) is 24.2 Å². The highest BCUT2D eigenvalue weighted by molar-refractivity contribution is 5.95. The number of nitrogens with one attached hydrogen (secondary N) is 1. The first-order valence-corrected chi connectivity index (χ1v) is 6.71. The van der Waals surface area contributed by atoms with Gasteiger partial charge in [0, 0.05) is 17.9 Å². The quantitative estimate of drug-likeness (QED) is 0.268. The van der Waals surface area contributed by atoms with Gasteiger partial charge in [-0.05, 0) is 25.0 Å². The number of non-ortho nitro benzene ring substituents is 1. The van der Waals surface area contributed by atoms with E-state index < -0.39 is 0 Å². The van der Waals surface area contributed by atoms with Crippen LogP contribution >= 0.6 is 0 Å². The highest BCUT2D eigenvalue weighted by Gasteiger charge is 2.14. The van der Waals surface area contributed by atoms with E-state index in [0.717, 1.165) is 18.2 Å². The standard InChI is InChI=1S/C15H17N3O3/c16-15(17)7-3-4-10-21-14-9-8-13(18(19)20)11-5-1-2-6-12(11)14/h1-2,5-6,8-9H,3-4,7,10H2,(H3,16,17). The summed E-state index contributed by atoms with van der Waals surface area (Å²) in [6.45, 7) is 0.495. The number of ether oxygens (including phenoxy) is 1. The van der Waals surface area contributed by atoms with E-state index in [-0.39, 0.29) is 16.4 Å². The summed E-state index contributed by atoms with van der Waals surface area (Å²) < 4.78 is 5.70. The molecule has 2 rings (SSSR count). The molecule has 0 aromatic heterocycles. The minimum atomic E-state index is -0.390. The Bertz CT molecular complexity index is 670. The van der Waals surface area contributed by atoms with Gasteiger partial charge in [0.25, 0.3) is 5.69 Å². The van der Waals surface area contributed by atoms with Crippen LogP contribution < -0.4 is 10.5 Å². The number of hydrogen-bond acceptors (Lipinski definition) is 4. The van der Waals surface area contributed by atoms with Crippen molar-refractivity contribution in [2.24, 2.45) is 5.73 Å². The number of unbranched alkanes of at least 4 members (excludes halogenated alkanes) is 1. The molecule has 0 amide bonds. The van der Waals surface area contributed by atoms with Crippen molar-refractivity contribution in [2.45, 2.75) is 19.3 Å². The molecule has 110 valence electrons. The Morgan fingerprint density at radius 2 is 1.90 bits per heavy atom. The molecule has 0 radical (unpaired) electrons. The Hall–Kier alpha value is -2.63. The third-order valence-corrected chi connectivity index (χ3v) is 3.16. The molecule has 6 heteroatoms. The van der Waals surface area contributed by atoms with Crippen LogP contribution in [0.5, 0.6) is 5.75 Å². The lowest BCUT2D eigenvalue weighted by Crippen LogP contribution is -2.09. The number of amidine groups is 1. The number of fused-ring (bicyclic) bond motifs is 1. The van der Waals surface area contributed by atoms with Gasteiger partial charge in [-0.3, -0.25) is 15.5 Å². The lowest BCUT2D eigenvalue weighted by molar-refractivity contribution is -0.383. The molecule has 6 nitrogen and oxygen atoms in total. The second-order valence-electron chi connectivity index (χ2n) is 4.72. The summed E-state index contributed by atoms with van der Waals surface area (Å²) in [6.07, 6.45) is 2.13. The molecule has 2 aromatic rings. The number of nitro benzene ring substituents is 1. The van der Waals surface area contributed by atoms with Crippen LogP contribution in [0.15, 0.2) is 36.4 Å². The number of nitrogens with two attached hydrogens (primary N) is 1. The first-order chi connectivity index (χ1) is 10.1. The SMILES string of the molecule is N=C(N)CCCCOc1ccc([N+](=O)[O-])c2ccccc12. The van der Waals surface area contributed by atoms with Crippen LogP contribution in [-0.4, -0.2) is 17.4 Å². The Morgan fingerprint density at radius 1 is 1.19 bits per heavy atom. The first kappa shape index (κ1) is 14.8. The predicted octanol–water partition coefficient (Wildman–Crippen LogP) is 3.23. The zero-order chi connectivity index (χ0) is 15.2. The van der Waals surface area contributed by atoms with Crippen LogP contribution in [0.2, 0.25) is 0 Å². The molecule has 0 saturated carbocycles. The van der Waals surface area contributed by atoms with Crippen LogP contribution in [0.1, 0.15) is 19.3 Å². The number of rotatable bonds is 7. The minimum absolute atomic E-state index is 0.0783. The number of nitrogens with zero attached hydrogens (tertiary/aromatic N) is 1. The summed E-state index contributed by atoms with van der Waals surface area (Å²) in [6, 6.07) is 10.2. The van der Waals surface area contributed by atoms with Crippen LogP contribution in [0.4, 0.5) is 5.69 Å². The molecular formula is C15H17N3O3. The lowest BCUT2D eigenvalue weighted by Gasteiger charge is -2.09. The topological polar surface area (TPSA) is 102 Å². The molecule has 21 heavy (non-hydrogen) atoms. The van der Waals surface area contributed by atoms with Gasteiger partial charge >= 0.3 is 0 Å². The second-order valence-corrected chi connectivity index (χ2v) is 4.72. The van der Waals surface area contributed by atoms with Gasteiger partial charge in [0.2, 0.25) is 0 Å². The van der Waals surface area contributed by atoms with Crippen LogP contribution in [-0.2, 0) is 0 Å². The van der Waals surface area contributed by atoms with Gasteiger partial charge < -0.3 is 10.5 Å². The maximum absolute atomic E-state index is 11.0.